The van der Waals surface area contributed by atoms with E-state index in [-0.39, 0.29) is 5.03 Å². The molecule has 8 heteroatoms. The van der Waals surface area contributed by atoms with Crippen molar-refractivity contribution in [3.63, 3.8) is 0 Å². The van der Waals surface area contributed by atoms with Crippen LogP contribution < -0.4 is 4.72 Å². The molecule has 0 bridgehead atoms. The Balaban J connectivity index is 1.96. The molecule has 0 saturated carbocycles. The summed E-state index contributed by atoms with van der Waals surface area (Å²) in [5, 5.41) is 7.32. The van der Waals surface area contributed by atoms with Gasteiger partial charge in [-0.3, -0.25) is 4.68 Å². The summed E-state index contributed by atoms with van der Waals surface area (Å²) in [6.45, 7) is 4.97. The molecule has 0 aliphatic rings. The smallest absolute Gasteiger partial charge is 0.253 e. The van der Waals surface area contributed by atoms with Gasteiger partial charge in [0.1, 0.15) is 0 Å². The molecular formula is C13H20N4O2S2. The molecule has 0 unspecified atom stereocenters. The number of rotatable bonds is 8. The van der Waals surface area contributed by atoms with Gasteiger partial charge in [0.25, 0.3) is 10.0 Å². The number of hydrogen-bond acceptors (Lipinski definition) is 5. The van der Waals surface area contributed by atoms with Crippen LogP contribution in [0.3, 0.4) is 0 Å². The largest absolute Gasteiger partial charge is 0.257 e. The topological polar surface area (TPSA) is 76.9 Å². The lowest BCUT2D eigenvalue weighted by Gasteiger charge is -2.08. The summed E-state index contributed by atoms with van der Waals surface area (Å²) in [6, 6.07) is 1.52. The Morgan fingerprint density at radius 2 is 2.19 bits per heavy atom. The number of aryl methyl sites for hydroxylation is 2. The van der Waals surface area contributed by atoms with Gasteiger partial charge >= 0.3 is 0 Å². The number of nitrogens with one attached hydrogen (secondary N) is 1. The summed E-state index contributed by atoms with van der Waals surface area (Å²) in [4.78, 5) is 4.42. The SMILES string of the molecule is CCCn1nccc1S(=O)(=O)NCCc1csc(CC)n1. The lowest BCUT2D eigenvalue weighted by molar-refractivity contribution is 0.524. The van der Waals surface area contributed by atoms with E-state index in [0.29, 0.717) is 19.5 Å². The van der Waals surface area contributed by atoms with Crippen LogP contribution in [0.1, 0.15) is 31.0 Å². The highest BCUT2D eigenvalue weighted by Crippen LogP contribution is 2.11. The van der Waals surface area contributed by atoms with Crippen molar-refractivity contribution in [2.24, 2.45) is 0 Å². The van der Waals surface area contributed by atoms with Gasteiger partial charge in [-0.25, -0.2) is 18.1 Å². The Kier molecular flexibility index (Phi) is 5.49. The molecule has 2 rings (SSSR count). The summed E-state index contributed by atoms with van der Waals surface area (Å²) in [5.41, 5.74) is 0.932. The van der Waals surface area contributed by atoms with Gasteiger partial charge in [-0.1, -0.05) is 13.8 Å². The van der Waals surface area contributed by atoms with E-state index >= 15 is 0 Å². The van der Waals surface area contributed by atoms with Crippen LogP contribution in [0.2, 0.25) is 0 Å². The Morgan fingerprint density at radius 3 is 2.86 bits per heavy atom. The van der Waals surface area contributed by atoms with Gasteiger partial charge in [0.15, 0.2) is 5.03 Å². The van der Waals surface area contributed by atoms with Gasteiger partial charge in [-0.05, 0) is 18.9 Å². The number of aromatic nitrogens is 3. The Hall–Kier alpha value is -1.25. The third-order valence-electron chi connectivity index (χ3n) is 2.96. The monoisotopic (exact) mass is 328 g/mol. The van der Waals surface area contributed by atoms with Gasteiger partial charge in [0, 0.05) is 24.9 Å². The van der Waals surface area contributed by atoms with Gasteiger partial charge in [-0.15, -0.1) is 11.3 Å². The maximum absolute atomic E-state index is 12.3. The molecule has 2 aromatic rings. The Morgan fingerprint density at radius 1 is 1.38 bits per heavy atom. The molecule has 0 amide bonds. The molecule has 2 heterocycles. The van der Waals surface area contributed by atoms with Crippen molar-refractivity contribution in [3.8, 4) is 0 Å². The van der Waals surface area contributed by atoms with Crippen molar-refractivity contribution in [3.05, 3.63) is 28.3 Å². The summed E-state index contributed by atoms with van der Waals surface area (Å²) >= 11 is 1.61. The first-order chi connectivity index (χ1) is 10.1. The molecule has 21 heavy (non-hydrogen) atoms. The Labute approximate surface area is 129 Å². The lowest BCUT2D eigenvalue weighted by Crippen LogP contribution is -2.28. The van der Waals surface area contributed by atoms with E-state index in [1.165, 1.54) is 16.9 Å². The highest BCUT2D eigenvalue weighted by molar-refractivity contribution is 7.89. The minimum absolute atomic E-state index is 0.219. The van der Waals surface area contributed by atoms with E-state index < -0.39 is 10.0 Å². The van der Waals surface area contributed by atoms with Crippen LogP contribution in [-0.2, 0) is 29.4 Å². The van der Waals surface area contributed by atoms with Gasteiger partial charge in [-0.2, -0.15) is 5.10 Å². The molecule has 0 aliphatic carbocycles. The fourth-order valence-corrected chi connectivity index (χ4v) is 3.90. The summed E-state index contributed by atoms with van der Waals surface area (Å²) in [6.07, 6.45) is 3.85. The predicted octanol–water partition coefficient (Wildman–Crippen LogP) is 1.83. The van der Waals surface area contributed by atoms with E-state index in [9.17, 15) is 8.42 Å². The van der Waals surface area contributed by atoms with Crippen molar-refractivity contribution in [2.45, 2.75) is 44.7 Å². The maximum atomic E-state index is 12.3. The first-order valence-electron chi connectivity index (χ1n) is 7.01. The second-order valence-corrected chi connectivity index (χ2v) is 7.28. The van der Waals surface area contributed by atoms with Crippen molar-refractivity contribution >= 4 is 21.4 Å². The average Bonchev–Trinajstić information content (AvgIpc) is 3.08. The first kappa shape index (κ1) is 16.1. The Bertz CT molecular complexity index is 676. The third kappa shape index (κ3) is 4.12. The molecule has 0 saturated heterocycles. The van der Waals surface area contributed by atoms with Crippen molar-refractivity contribution in [1.29, 1.82) is 0 Å². The molecule has 0 atom stereocenters. The quantitative estimate of drug-likeness (QED) is 0.802. The number of thiazole rings is 1. The number of hydrogen-bond donors (Lipinski definition) is 1. The van der Waals surface area contributed by atoms with Gasteiger partial charge in [0.2, 0.25) is 0 Å². The lowest BCUT2D eigenvalue weighted by atomic mass is 10.3. The second-order valence-electron chi connectivity index (χ2n) is 4.63. The molecule has 0 radical (unpaired) electrons. The minimum atomic E-state index is -3.51. The normalized spacial score (nSPS) is 11.9. The van der Waals surface area contributed by atoms with Crippen LogP contribution in [0.4, 0.5) is 0 Å². The van der Waals surface area contributed by atoms with Crippen LogP contribution in [0.25, 0.3) is 0 Å². The van der Waals surface area contributed by atoms with Crippen LogP contribution in [0.5, 0.6) is 0 Å². The minimum Gasteiger partial charge on any atom is -0.253 e. The zero-order valence-corrected chi connectivity index (χ0v) is 13.9. The van der Waals surface area contributed by atoms with Crippen LogP contribution in [0, 0.1) is 0 Å². The second kappa shape index (κ2) is 7.15. The average molecular weight is 328 g/mol. The van der Waals surface area contributed by atoms with Crippen LogP contribution in [0.15, 0.2) is 22.7 Å². The summed E-state index contributed by atoms with van der Waals surface area (Å²) in [7, 11) is -3.51. The van der Waals surface area contributed by atoms with E-state index in [4.69, 9.17) is 0 Å². The van der Waals surface area contributed by atoms with Crippen molar-refractivity contribution in [1.82, 2.24) is 19.5 Å². The molecule has 116 valence electrons. The molecular weight excluding hydrogens is 308 g/mol. The zero-order valence-electron chi connectivity index (χ0n) is 12.2. The molecule has 0 aromatic carbocycles. The highest BCUT2D eigenvalue weighted by Gasteiger charge is 2.18. The molecule has 0 aliphatic heterocycles. The fraction of sp³-hybridized carbons (Fsp3) is 0.538. The van der Waals surface area contributed by atoms with Crippen molar-refractivity contribution < 1.29 is 8.42 Å². The van der Waals surface area contributed by atoms with Crippen LogP contribution in [-0.4, -0.2) is 29.7 Å². The zero-order chi connectivity index (χ0) is 15.3. The number of nitrogens with zero attached hydrogens (tertiary/aromatic N) is 3. The van der Waals surface area contributed by atoms with E-state index in [1.807, 2.05) is 12.3 Å². The molecule has 0 spiro atoms. The van der Waals surface area contributed by atoms with E-state index in [1.54, 1.807) is 11.3 Å². The van der Waals surface area contributed by atoms with Crippen LogP contribution >= 0.6 is 11.3 Å². The fourth-order valence-electron chi connectivity index (χ4n) is 1.94. The van der Waals surface area contributed by atoms with E-state index in [0.717, 1.165) is 23.5 Å². The number of sulfonamides is 1. The van der Waals surface area contributed by atoms with Crippen molar-refractivity contribution in [2.75, 3.05) is 6.54 Å². The predicted molar refractivity (Wildman–Crippen MR) is 82.9 cm³/mol. The van der Waals surface area contributed by atoms with E-state index in [2.05, 4.69) is 21.7 Å². The molecule has 2 aromatic heterocycles. The standard InChI is InChI=1S/C13H20N4O2S2/c1-3-9-17-13(6-7-14-17)21(18,19)15-8-5-11-10-20-12(4-2)16-11/h6-7,10,15H,3-5,8-9H2,1-2H3. The van der Waals surface area contributed by atoms with Gasteiger partial charge in [0.05, 0.1) is 16.9 Å². The highest BCUT2D eigenvalue weighted by atomic mass is 32.2. The van der Waals surface area contributed by atoms with Gasteiger partial charge < -0.3 is 0 Å². The molecule has 6 nitrogen and oxygen atoms in total. The maximum Gasteiger partial charge on any atom is 0.257 e. The molecule has 0 fully saturated rings. The summed E-state index contributed by atoms with van der Waals surface area (Å²) in [5.74, 6) is 0. The summed E-state index contributed by atoms with van der Waals surface area (Å²) < 4.78 is 28.6. The first-order valence-corrected chi connectivity index (χ1v) is 9.38. The molecule has 1 N–H and O–H groups in total. The third-order valence-corrected chi connectivity index (χ3v) is 5.49.